The number of hydrogen-bond donors (Lipinski definition) is 0. The third-order valence-corrected chi connectivity index (χ3v) is 3.44. The smallest absolute Gasteiger partial charge is 0.224 e. The Bertz CT molecular complexity index is 343. The Labute approximate surface area is 102 Å². The maximum Gasteiger partial charge on any atom is 0.224 e. The van der Waals surface area contributed by atoms with Gasteiger partial charge in [0.25, 0.3) is 0 Å². The molecule has 0 aliphatic carbocycles. The summed E-state index contributed by atoms with van der Waals surface area (Å²) in [5.74, 6) is 0.980. The van der Waals surface area contributed by atoms with Crippen LogP contribution in [0.15, 0.2) is 12.3 Å². The fraction of sp³-hybridized carbons (Fsp3) is 0.667. The minimum atomic E-state index is 0.344. The van der Waals surface area contributed by atoms with Crippen LogP contribution in [0.4, 0.5) is 5.82 Å². The molecule has 0 amide bonds. The largest absolute Gasteiger partial charge is 0.354 e. The van der Waals surface area contributed by atoms with Crippen LogP contribution in [0.1, 0.15) is 39.0 Å². The number of halogens is 1. The summed E-state index contributed by atoms with van der Waals surface area (Å²) < 4.78 is 0. The van der Waals surface area contributed by atoms with Gasteiger partial charge in [-0.25, -0.2) is 9.97 Å². The van der Waals surface area contributed by atoms with Gasteiger partial charge in [-0.05, 0) is 36.9 Å². The van der Waals surface area contributed by atoms with Crippen LogP contribution in [0, 0.1) is 0 Å². The van der Waals surface area contributed by atoms with Gasteiger partial charge >= 0.3 is 0 Å². The van der Waals surface area contributed by atoms with Gasteiger partial charge in [-0.15, -0.1) is 0 Å². The summed E-state index contributed by atoms with van der Waals surface area (Å²) in [6.07, 6.45) is 8.07. The molecule has 1 saturated heterocycles. The van der Waals surface area contributed by atoms with Crippen molar-refractivity contribution in [2.45, 2.75) is 45.1 Å². The third kappa shape index (κ3) is 2.64. The average Bonchev–Trinajstić information content (AvgIpc) is 2.53. The molecule has 16 heavy (non-hydrogen) atoms. The van der Waals surface area contributed by atoms with Crippen LogP contribution in [-0.2, 0) is 0 Å². The first-order valence-electron chi connectivity index (χ1n) is 6.06. The zero-order valence-electron chi connectivity index (χ0n) is 9.69. The standard InChI is InChI=1S/C12H18ClN3/c1-2-10-6-4-3-5-9-16(10)11-7-8-14-12(13)15-11/h7-8,10H,2-6,9H2,1H3. The second-order valence-electron chi connectivity index (χ2n) is 4.29. The van der Waals surface area contributed by atoms with E-state index in [4.69, 9.17) is 11.6 Å². The van der Waals surface area contributed by atoms with E-state index >= 15 is 0 Å². The minimum absolute atomic E-state index is 0.344. The predicted molar refractivity (Wildman–Crippen MR) is 66.9 cm³/mol. The molecule has 1 atom stereocenters. The molecule has 4 heteroatoms. The van der Waals surface area contributed by atoms with E-state index in [0.717, 1.165) is 12.4 Å². The lowest BCUT2D eigenvalue weighted by Gasteiger charge is -2.30. The van der Waals surface area contributed by atoms with Crippen molar-refractivity contribution in [2.75, 3.05) is 11.4 Å². The number of rotatable bonds is 2. The molecule has 0 saturated carbocycles. The Hall–Kier alpha value is -0.830. The van der Waals surface area contributed by atoms with Gasteiger partial charge in [0.05, 0.1) is 0 Å². The molecule has 2 rings (SSSR count). The highest BCUT2D eigenvalue weighted by Crippen LogP contribution is 2.24. The number of aromatic nitrogens is 2. The van der Waals surface area contributed by atoms with Gasteiger partial charge in [0.2, 0.25) is 5.28 Å². The van der Waals surface area contributed by atoms with Crippen molar-refractivity contribution in [3.8, 4) is 0 Å². The molecule has 1 aliphatic heterocycles. The molecule has 88 valence electrons. The summed E-state index contributed by atoms with van der Waals surface area (Å²) >= 11 is 5.85. The summed E-state index contributed by atoms with van der Waals surface area (Å²) in [5, 5.41) is 0.344. The van der Waals surface area contributed by atoms with Gasteiger partial charge in [-0.2, -0.15) is 0 Å². The van der Waals surface area contributed by atoms with Crippen molar-refractivity contribution in [1.29, 1.82) is 0 Å². The van der Waals surface area contributed by atoms with E-state index in [0.29, 0.717) is 11.3 Å². The van der Waals surface area contributed by atoms with Crippen molar-refractivity contribution in [3.05, 3.63) is 17.5 Å². The topological polar surface area (TPSA) is 29.0 Å². The summed E-state index contributed by atoms with van der Waals surface area (Å²) in [5.41, 5.74) is 0. The van der Waals surface area contributed by atoms with Gasteiger partial charge < -0.3 is 4.90 Å². The van der Waals surface area contributed by atoms with Crippen LogP contribution in [0.5, 0.6) is 0 Å². The molecule has 1 aliphatic rings. The second kappa shape index (κ2) is 5.48. The molecular weight excluding hydrogens is 222 g/mol. The van der Waals surface area contributed by atoms with Crippen LogP contribution < -0.4 is 4.90 Å². The molecule has 0 radical (unpaired) electrons. The predicted octanol–water partition coefficient (Wildman–Crippen LogP) is 3.29. The van der Waals surface area contributed by atoms with E-state index < -0.39 is 0 Å². The van der Waals surface area contributed by atoms with Gasteiger partial charge in [-0.3, -0.25) is 0 Å². The molecule has 2 heterocycles. The first-order valence-corrected chi connectivity index (χ1v) is 6.44. The zero-order valence-corrected chi connectivity index (χ0v) is 10.5. The quantitative estimate of drug-likeness (QED) is 0.742. The van der Waals surface area contributed by atoms with E-state index in [1.807, 2.05) is 6.07 Å². The lowest BCUT2D eigenvalue weighted by molar-refractivity contribution is 0.552. The van der Waals surface area contributed by atoms with Crippen LogP contribution >= 0.6 is 11.6 Å². The van der Waals surface area contributed by atoms with Crippen molar-refractivity contribution in [3.63, 3.8) is 0 Å². The first kappa shape index (κ1) is 11.6. The molecule has 0 aromatic carbocycles. The van der Waals surface area contributed by atoms with E-state index in [2.05, 4.69) is 21.8 Å². The molecule has 0 N–H and O–H groups in total. The minimum Gasteiger partial charge on any atom is -0.354 e. The number of anilines is 1. The first-order chi connectivity index (χ1) is 7.81. The van der Waals surface area contributed by atoms with Crippen molar-refractivity contribution in [1.82, 2.24) is 9.97 Å². The summed E-state index contributed by atoms with van der Waals surface area (Å²) in [4.78, 5) is 10.6. The lowest BCUT2D eigenvalue weighted by atomic mass is 10.1. The maximum atomic E-state index is 5.85. The second-order valence-corrected chi connectivity index (χ2v) is 4.63. The van der Waals surface area contributed by atoms with Crippen LogP contribution in [-0.4, -0.2) is 22.6 Å². The zero-order chi connectivity index (χ0) is 11.4. The molecule has 0 spiro atoms. The van der Waals surface area contributed by atoms with Gasteiger partial charge in [0.1, 0.15) is 5.82 Å². The third-order valence-electron chi connectivity index (χ3n) is 3.25. The Morgan fingerprint density at radius 2 is 2.31 bits per heavy atom. The fourth-order valence-corrected chi connectivity index (χ4v) is 2.53. The van der Waals surface area contributed by atoms with Crippen LogP contribution in [0.25, 0.3) is 0 Å². The molecule has 1 fully saturated rings. The molecular formula is C12H18ClN3. The Kier molecular flexibility index (Phi) is 3.99. The normalized spacial score (nSPS) is 21.9. The summed E-state index contributed by atoms with van der Waals surface area (Å²) in [6.45, 7) is 3.33. The van der Waals surface area contributed by atoms with Crippen molar-refractivity contribution in [2.24, 2.45) is 0 Å². The van der Waals surface area contributed by atoms with Crippen LogP contribution in [0.2, 0.25) is 5.28 Å². The number of nitrogens with zero attached hydrogens (tertiary/aromatic N) is 3. The molecule has 3 nitrogen and oxygen atoms in total. The fourth-order valence-electron chi connectivity index (χ4n) is 2.39. The Morgan fingerprint density at radius 3 is 3.06 bits per heavy atom. The molecule has 1 aromatic rings. The highest BCUT2D eigenvalue weighted by molar-refractivity contribution is 6.28. The Balaban J connectivity index is 2.21. The Morgan fingerprint density at radius 1 is 1.44 bits per heavy atom. The molecule has 1 unspecified atom stereocenters. The summed E-state index contributed by atoms with van der Waals surface area (Å²) in [6, 6.07) is 2.56. The van der Waals surface area contributed by atoms with Crippen molar-refractivity contribution < 1.29 is 0 Å². The highest BCUT2D eigenvalue weighted by Gasteiger charge is 2.20. The van der Waals surface area contributed by atoms with Gasteiger partial charge in [-0.1, -0.05) is 19.8 Å². The highest BCUT2D eigenvalue weighted by atomic mass is 35.5. The SMILES string of the molecule is CCC1CCCCCN1c1ccnc(Cl)n1. The average molecular weight is 240 g/mol. The van der Waals surface area contributed by atoms with E-state index in [1.165, 1.54) is 32.1 Å². The van der Waals surface area contributed by atoms with Crippen molar-refractivity contribution >= 4 is 17.4 Å². The van der Waals surface area contributed by atoms with Crippen LogP contribution in [0.3, 0.4) is 0 Å². The van der Waals surface area contributed by atoms with Gasteiger partial charge in [0, 0.05) is 18.8 Å². The lowest BCUT2D eigenvalue weighted by Crippen LogP contribution is -2.35. The van der Waals surface area contributed by atoms with E-state index in [-0.39, 0.29) is 0 Å². The summed E-state index contributed by atoms with van der Waals surface area (Å²) in [7, 11) is 0. The maximum absolute atomic E-state index is 5.85. The molecule has 1 aromatic heterocycles. The molecule has 0 bridgehead atoms. The van der Waals surface area contributed by atoms with E-state index in [9.17, 15) is 0 Å². The monoisotopic (exact) mass is 239 g/mol. The van der Waals surface area contributed by atoms with Gasteiger partial charge in [0.15, 0.2) is 0 Å². The number of hydrogen-bond acceptors (Lipinski definition) is 3. The van der Waals surface area contributed by atoms with E-state index in [1.54, 1.807) is 6.20 Å².